The number of hydrogen-bond donors (Lipinski definition) is 1. The number of nitrogens with one attached hydrogen (secondary N) is 1. The summed E-state index contributed by atoms with van der Waals surface area (Å²) in [5.41, 5.74) is 5.47. The molecule has 3 heteroatoms. The van der Waals surface area contributed by atoms with E-state index in [0.717, 1.165) is 16.6 Å². The van der Waals surface area contributed by atoms with Gasteiger partial charge >= 0.3 is 0 Å². The van der Waals surface area contributed by atoms with Crippen LogP contribution in [-0.4, -0.2) is 5.91 Å². The number of rotatable bonds is 4. The maximum absolute atomic E-state index is 13.1. The van der Waals surface area contributed by atoms with Crippen LogP contribution in [0.1, 0.15) is 28.7 Å². The zero-order chi connectivity index (χ0) is 19.0. The monoisotopic (exact) mass is 419 g/mol. The Morgan fingerprint density at radius 3 is 2.00 bits per heavy atom. The van der Waals surface area contributed by atoms with E-state index in [4.69, 9.17) is 0 Å². The van der Waals surface area contributed by atoms with E-state index in [1.165, 1.54) is 22.3 Å². The van der Waals surface area contributed by atoms with E-state index in [1.54, 1.807) is 0 Å². The first kappa shape index (κ1) is 18.0. The Bertz CT molecular complexity index is 931. The summed E-state index contributed by atoms with van der Waals surface area (Å²) in [4.78, 5) is 13.1. The third kappa shape index (κ3) is 3.44. The molecule has 4 rings (SSSR count). The maximum atomic E-state index is 13.1. The molecule has 1 atom stereocenters. The second-order valence-electron chi connectivity index (χ2n) is 7.46. The molecule has 1 saturated carbocycles. The lowest BCUT2D eigenvalue weighted by molar-refractivity contribution is -0.117. The quantitative estimate of drug-likeness (QED) is 0.550. The zero-order valence-corrected chi connectivity index (χ0v) is 17.1. The van der Waals surface area contributed by atoms with E-state index in [0.29, 0.717) is 0 Å². The summed E-state index contributed by atoms with van der Waals surface area (Å²) in [6.45, 7) is 4.18. The predicted octanol–water partition coefficient (Wildman–Crippen LogP) is 6.01. The van der Waals surface area contributed by atoms with Gasteiger partial charge in [-0.25, -0.2) is 0 Å². The molecule has 136 valence electrons. The Kier molecular flexibility index (Phi) is 4.65. The van der Waals surface area contributed by atoms with Crippen molar-refractivity contribution < 1.29 is 4.79 Å². The van der Waals surface area contributed by atoms with Gasteiger partial charge in [-0.15, -0.1) is 0 Å². The van der Waals surface area contributed by atoms with Gasteiger partial charge in [0.05, 0.1) is 5.92 Å². The molecule has 27 heavy (non-hydrogen) atoms. The number of hydrogen-bond acceptors (Lipinski definition) is 1. The second-order valence-corrected chi connectivity index (χ2v) is 8.38. The molecule has 3 aromatic rings. The molecule has 1 N–H and O–H groups in total. The van der Waals surface area contributed by atoms with E-state index >= 15 is 0 Å². The normalized spacial score (nSPS) is 17.4. The molecule has 0 bridgehead atoms. The van der Waals surface area contributed by atoms with Crippen molar-refractivity contribution in [3.63, 3.8) is 0 Å². The van der Waals surface area contributed by atoms with Crippen molar-refractivity contribution >= 4 is 27.5 Å². The van der Waals surface area contributed by atoms with E-state index in [-0.39, 0.29) is 17.2 Å². The van der Waals surface area contributed by atoms with Gasteiger partial charge in [0, 0.05) is 15.6 Å². The highest BCUT2D eigenvalue weighted by Crippen LogP contribution is 2.59. The van der Waals surface area contributed by atoms with Gasteiger partial charge in [0.15, 0.2) is 0 Å². The molecule has 1 fully saturated rings. The fourth-order valence-electron chi connectivity index (χ4n) is 3.88. The fourth-order valence-corrected chi connectivity index (χ4v) is 4.28. The smallest absolute Gasteiger partial charge is 0.228 e. The molecule has 3 aromatic carbocycles. The number of anilines is 1. The molecule has 0 saturated heterocycles. The van der Waals surface area contributed by atoms with Crippen LogP contribution in [-0.2, 0) is 10.2 Å². The summed E-state index contributed by atoms with van der Waals surface area (Å²) < 4.78 is 0.958. The molecule has 1 aliphatic carbocycles. The lowest BCUT2D eigenvalue weighted by atomic mass is 9.85. The molecule has 0 aliphatic heterocycles. The van der Waals surface area contributed by atoms with Crippen molar-refractivity contribution in [2.75, 3.05) is 5.32 Å². The van der Waals surface area contributed by atoms with Crippen molar-refractivity contribution in [2.45, 2.75) is 25.7 Å². The van der Waals surface area contributed by atoms with Crippen LogP contribution in [0.3, 0.4) is 0 Å². The van der Waals surface area contributed by atoms with Gasteiger partial charge in [0.2, 0.25) is 5.91 Å². The van der Waals surface area contributed by atoms with Gasteiger partial charge in [0.1, 0.15) is 0 Å². The number of benzene rings is 3. The molecular weight excluding hydrogens is 398 g/mol. The van der Waals surface area contributed by atoms with Crippen molar-refractivity contribution in [3.8, 4) is 0 Å². The molecule has 2 nitrogen and oxygen atoms in total. The summed E-state index contributed by atoms with van der Waals surface area (Å²) in [6.07, 6.45) is 0.832. The minimum Gasteiger partial charge on any atom is -0.326 e. The fraction of sp³-hybridized carbons (Fsp3) is 0.208. The first-order valence-corrected chi connectivity index (χ1v) is 9.99. The van der Waals surface area contributed by atoms with E-state index in [1.807, 2.05) is 24.3 Å². The number of aryl methyl sites for hydroxylation is 2. The van der Waals surface area contributed by atoms with E-state index in [9.17, 15) is 4.79 Å². The minimum absolute atomic E-state index is 0.0677. The summed E-state index contributed by atoms with van der Waals surface area (Å²) >= 11 is 3.46. The van der Waals surface area contributed by atoms with E-state index in [2.05, 4.69) is 83.6 Å². The van der Waals surface area contributed by atoms with Crippen molar-refractivity contribution in [1.82, 2.24) is 0 Å². The maximum Gasteiger partial charge on any atom is 0.228 e. The third-order valence-corrected chi connectivity index (χ3v) is 6.00. The van der Waals surface area contributed by atoms with Crippen molar-refractivity contribution in [1.29, 1.82) is 0 Å². The van der Waals surface area contributed by atoms with Crippen LogP contribution in [0, 0.1) is 19.8 Å². The van der Waals surface area contributed by atoms with E-state index < -0.39 is 0 Å². The summed E-state index contributed by atoms with van der Waals surface area (Å²) in [5, 5.41) is 3.09. The molecule has 0 unspecified atom stereocenters. The standard InChI is InChI=1S/C24H22BrNO/c1-16-6-10-18(11-7-16)24(19-12-8-17(2)9-13-19)15-22(24)23(27)26-21-5-3-4-20(25)14-21/h3-14,22H,15H2,1-2H3,(H,26,27)/t22-/m0/s1. The van der Waals surface area contributed by atoms with Gasteiger partial charge in [0.25, 0.3) is 0 Å². The second kappa shape index (κ2) is 6.97. The van der Waals surface area contributed by atoms with Gasteiger partial charge in [-0.1, -0.05) is 81.7 Å². The average molecular weight is 420 g/mol. The molecule has 1 aliphatic rings. The Morgan fingerprint density at radius 2 is 1.48 bits per heavy atom. The Labute approximate surface area is 168 Å². The van der Waals surface area contributed by atoms with Crippen LogP contribution < -0.4 is 5.32 Å². The van der Waals surface area contributed by atoms with Gasteiger partial charge in [-0.3, -0.25) is 4.79 Å². The largest absolute Gasteiger partial charge is 0.326 e. The van der Waals surface area contributed by atoms with Gasteiger partial charge in [-0.2, -0.15) is 0 Å². The Morgan fingerprint density at radius 1 is 0.926 bits per heavy atom. The molecule has 0 heterocycles. The van der Waals surface area contributed by atoms with Crippen LogP contribution in [0.25, 0.3) is 0 Å². The van der Waals surface area contributed by atoms with Crippen LogP contribution in [0.2, 0.25) is 0 Å². The first-order valence-electron chi connectivity index (χ1n) is 9.20. The number of carbonyl (C=O) groups is 1. The highest BCUT2D eigenvalue weighted by Gasteiger charge is 2.60. The minimum atomic E-state index is -0.239. The predicted molar refractivity (Wildman–Crippen MR) is 114 cm³/mol. The summed E-state index contributed by atoms with van der Waals surface area (Å²) in [6, 6.07) is 24.9. The van der Waals surface area contributed by atoms with Crippen LogP contribution in [0.4, 0.5) is 5.69 Å². The Hall–Kier alpha value is -2.39. The number of amides is 1. The van der Waals surface area contributed by atoms with Crippen LogP contribution >= 0.6 is 15.9 Å². The lowest BCUT2D eigenvalue weighted by Gasteiger charge is -2.19. The molecular formula is C24H22BrNO. The van der Waals surface area contributed by atoms with Gasteiger partial charge < -0.3 is 5.32 Å². The summed E-state index contributed by atoms with van der Waals surface area (Å²) in [5.74, 6) is 0.0103. The molecule has 0 aromatic heterocycles. The van der Waals surface area contributed by atoms with Gasteiger partial charge in [-0.05, 0) is 49.6 Å². The molecule has 1 amide bonds. The topological polar surface area (TPSA) is 29.1 Å². The third-order valence-electron chi connectivity index (χ3n) is 5.50. The molecule has 0 radical (unpaired) electrons. The van der Waals surface area contributed by atoms with Crippen molar-refractivity contribution in [3.05, 3.63) is 99.5 Å². The highest BCUT2D eigenvalue weighted by molar-refractivity contribution is 9.10. The SMILES string of the molecule is Cc1ccc(C2(c3ccc(C)cc3)C[C@H]2C(=O)Nc2cccc(Br)c2)cc1. The number of halogens is 1. The zero-order valence-electron chi connectivity index (χ0n) is 15.5. The molecule has 0 spiro atoms. The summed E-state index contributed by atoms with van der Waals surface area (Å²) in [7, 11) is 0. The lowest BCUT2D eigenvalue weighted by Crippen LogP contribution is -2.22. The van der Waals surface area contributed by atoms with Crippen LogP contribution in [0.15, 0.2) is 77.3 Å². The van der Waals surface area contributed by atoms with Crippen molar-refractivity contribution in [2.24, 2.45) is 5.92 Å². The number of carbonyl (C=O) groups excluding carboxylic acids is 1. The first-order chi connectivity index (χ1) is 13.0. The average Bonchev–Trinajstić information content (AvgIpc) is 3.40. The van der Waals surface area contributed by atoms with Crippen LogP contribution in [0.5, 0.6) is 0 Å². The Balaban J connectivity index is 1.67. The highest BCUT2D eigenvalue weighted by atomic mass is 79.9.